The van der Waals surface area contributed by atoms with Crippen molar-refractivity contribution in [1.82, 2.24) is 9.97 Å². The molecule has 5 heteroatoms. The monoisotopic (exact) mass is 293 g/mol. The number of nitrogens with one attached hydrogen (secondary N) is 1. The van der Waals surface area contributed by atoms with Gasteiger partial charge in [-0.3, -0.25) is 0 Å². The van der Waals surface area contributed by atoms with Crippen LogP contribution in [0.2, 0.25) is 0 Å². The predicted octanol–water partition coefficient (Wildman–Crippen LogP) is 2.86. The molecular formula is C12H12BrN3O. The maximum absolute atomic E-state index is 4.99. The van der Waals surface area contributed by atoms with Crippen LogP contribution in [0.1, 0.15) is 5.69 Å². The van der Waals surface area contributed by atoms with Crippen molar-refractivity contribution in [2.75, 3.05) is 12.4 Å². The lowest BCUT2D eigenvalue weighted by molar-refractivity contribution is 0.398. The topological polar surface area (TPSA) is 47.0 Å². The number of pyridine rings is 2. The summed E-state index contributed by atoms with van der Waals surface area (Å²) in [5.74, 6) is 0.608. The lowest BCUT2D eigenvalue weighted by Gasteiger charge is -2.06. The summed E-state index contributed by atoms with van der Waals surface area (Å²) in [7, 11) is 1.60. The van der Waals surface area contributed by atoms with Crippen LogP contribution in [-0.4, -0.2) is 17.1 Å². The third-order valence-corrected chi connectivity index (χ3v) is 2.63. The molecule has 0 atom stereocenters. The number of aromatic nitrogens is 2. The van der Waals surface area contributed by atoms with Gasteiger partial charge in [0.25, 0.3) is 0 Å². The number of nitrogens with zero attached hydrogens (tertiary/aromatic N) is 2. The second kappa shape index (κ2) is 5.63. The molecule has 2 aromatic rings. The van der Waals surface area contributed by atoms with Gasteiger partial charge < -0.3 is 10.1 Å². The quantitative estimate of drug-likeness (QED) is 0.881. The first-order valence-corrected chi connectivity index (χ1v) is 5.92. The van der Waals surface area contributed by atoms with Crippen molar-refractivity contribution in [2.24, 2.45) is 0 Å². The standard InChI is InChI=1S/C12H12BrN3O/c1-17-12-6-5-9(7-15-12)14-8-10-3-2-4-11(13)16-10/h2-7,14H,8H2,1H3. The smallest absolute Gasteiger partial charge is 0.213 e. The fraction of sp³-hybridized carbons (Fsp3) is 0.167. The fourth-order valence-corrected chi connectivity index (χ4v) is 1.73. The van der Waals surface area contributed by atoms with Crippen molar-refractivity contribution in [1.29, 1.82) is 0 Å². The van der Waals surface area contributed by atoms with Gasteiger partial charge >= 0.3 is 0 Å². The maximum Gasteiger partial charge on any atom is 0.213 e. The molecule has 0 fully saturated rings. The molecule has 0 unspecified atom stereocenters. The van der Waals surface area contributed by atoms with E-state index in [1.807, 2.05) is 30.3 Å². The summed E-state index contributed by atoms with van der Waals surface area (Å²) < 4.78 is 5.83. The Balaban J connectivity index is 1.97. The molecule has 0 radical (unpaired) electrons. The van der Waals surface area contributed by atoms with Crippen LogP contribution in [0, 0.1) is 0 Å². The average Bonchev–Trinajstić information content (AvgIpc) is 2.37. The second-order valence-electron chi connectivity index (χ2n) is 3.39. The molecule has 88 valence electrons. The van der Waals surface area contributed by atoms with Crippen LogP contribution in [0.3, 0.4) is 0 Å². The molecule has 2 aromatic heterocycles. The summed E-state index contributed by atoms with van der Waals surface area (Å²) in [5, 5.41) is 3.24. The lowest BCUT2D eigenvalue weighted by atomic mass is 10.3. The number of rotatable bonds is 4. The summed E-state index contributed by atoms with van der Waals surface area (Å²) in [6.07, 6.45) is 1.73. The highest BCUT2D eigenvalue weighted by Crippen LogP contribution is 2.12. The van der Waals surface area contributed by atoms with Gasteiger partial charge in [-0.25, -0.2) is 9.97 Å². The Kier molecular flexibility index (Phi) is 3.93. The van der Waals surface area contributed by atoms with Gasteiger partial charge in [0, 0.05) is 6.07 Å². The van der Waals surface area contributed by atoms with Crippen LogP contribution in [0.15, 0.2) is 41.1 Å². The first-order valence-electron chi connectivity index (χ1n) is 5.13. The fourth-order valence-electron chi connectivity index (χ4n) is 1.35. The zero-order chi connectivity index (χ0) is 12.1. The predicted molar refractivity (Wildman–Crippen MR) is 70.1 cm³/mol. The van der Waals surface area contributed by atoms with Crippen LogP contribution in [0.25, 0.3) is 0 Å². The Bertz CT molecular complexity index is 487. The van der Waals surface area contributed by atoms with Crippen LogP contribution in [-0.2, 0) is 6.54 Å². The lowest BCUT2D eigenvalue weighted by Crippen LogP contribution is -2.02. The zero-order valence-corrected chi connectivity index (χ0v) is 10.9. The maximum atomic E-state index is 4.99. The molecule has 0 saturated carbocycles. The molecule has 2 rings (SSSR count). The Morgan fingerprint density at radius 2 is 2.18 bits per heavy atom. The molecule has 0 saturated heterocycles. The number of hydrogen-bond acceptors (Lipinski definition) is 4. The van der Waals surface area contributed by atoms with Crippen LogP contribution in [0.4, 0.5) is 5.69 Å². The summed E-state index contributed by atoms with van der Waals surface area (Å²) in [6, 6.07) is 9.56. The van der Waals surface area contributed by atoms with Crippen molar-refractivity contribution in [2.45, 2.75) is 6.54 Å². The highest BCUT2D eigenvalue weighted by Gasteiger charge is 1.97. The van der Waals surface area contributed by atoms with E-state index in [0.717, 1.165) is 16.0 Å². The highest BCUT2D eigenvalue weighted by molar-refractivity contribution is 9.10. The largest absolute Gasteiger partial charge is 0.481 e. The van der Waals surface area contributed by atoms with E-state index < -0.39 is 0 Å². The van der Waals surface area contributed by atoms with E-state index in [2.05, 4.69) is 31.2 Å². The second-order valence-corrected chi connectivity index (χ2v) is 4.21. The molecular weight excluding hydrogens is 282 g/mol. The van der Waals surface area contributed by atoms with Crippen LogP contribution < -0.4 is 10.1 Å². The van der Waals surface area contributed by atoms with Gasteiger partial charge in [-0.15, -0.1) is 0 Å². The van der Waals surface area contributed by atoms with E-state index in [0.29, 0.717) is 12.4 Å². The van der Waals surface area contributed by atoms with Gasteiger partial charge in [-0.05, 0) is 34.1 Å². The van der Waals surface area contributed by atoms with Crippen molar-refractivity contribution in [3.05, 3.63) is 46.8 Å². The molecule has 1 N–H and O–H groups in total. The highest BCUT2D eigenvalue weighted by atomic mass is 79.9. The molecule has 0 bridgehead atoms. The summed E-state index contributed by atoms with van der Waals surface area (Å²) in [4.78, 5) is 8.44. The Morgan fingerprint density at radius 1 is 1.29 bits per heavy atom. The molecule has 0 aromatic carbocycles. The number of halogens is 1. The molecule has 0 aliphatic rings. The van der Waals surface area contributed by atoms with Gasteiger partial charge in [0.1, 0.15) is 4.60 Å². The van der Waals surface area contributed by atoms with Crippen molar-refractivity contribution >= 4 is 21.6 Å². The van der Waals surface area contributed by atoms with E-state index in [1.54, 1.807) is 13.3 Å². The first kappa shape index (κ1) is 11.9. The number of anilines is 1. The summed E-state index contributed by atoms with van der Waals surface area (Å²) in [6.45, 7) is 0.660. The minimum atomic E-state index is 0.608. The molecule has 2 heterocycles. The van der Waals surface area contributed by atoms with Gasteiger partial charge in [0.2, 0.25) is 5.88 Å². The number of methoxy groups -OCH3 is 1. The van der Waals surface area contributed by atoms with Crippen LogP contribution >= 0.6 is 15.9 Å². The molecule has 17 heavy (non-hydrogen) atoms. The molecule has 0 aliphatic heterocycles. The minimum absolute atomic E-state index is 0.608. The Labute approximate surface area is 108 Å². The van der Waals surface area contributed by atoms with E-state index in [9.17, 15) is 0 Å². The minimum Gasteiger partial charge on any atom is -0.481 e. The van der Waals surface area contributed by atoms with E-state index in [-0.39, 0.29) is 0 Å². The zero-order valence-electron chi connectivity index (χ0n) is 9.35. The third kappa shape index (κ3) is 3.42. The van der Waals surface area contributed by atoms with Gasteiger partial charge in [0.15, 0.2) is 0 Å². The molecule has 0 amide bonds. The normalized spacial score (nSPS) is 10.0. The van der Waals surface area contributed by atoms with E-state index in [4.69, 9.17) is 4.74 Å². The number of hydrogen-bond donors (Lipinski definition) is 1. The third-order valence-electron chi connectivity index (χ3n) is 2.19. The van der Waals surface area contributed by atoms with E-state index >= 15 is 0 Å². The van der Waals surface area contributed by atoms with Crippen molar-refractivity contribution in [3.8, 4) is 5.88 Å². The average molecular weight is 294 g/mol. The SMILES string of the molecule is COc1ccc(NCc2cccc(Br)n2)cn1. The van der Waals surface area contributed by atoms with Gasteiger partial charge in [0.05, 0.1) is 31.2 Å². The Hall–Kier alpha value is -1.62. The summed E-state index contributed by atoms with van der Waals surface area (Å²) in [5.41, 5.74) is 1.91. The van der Waals surface area contributed by atoms with E-state index in [1.165, 1.54) is 0 Å². The van der Waals surface area contributed by atoms with Gasteiger partial charge in [-0.1, -0.05) is 6.07 Å². The summed E-state index contributed by atoms with van der Waals surface area (Å²) >= 11 is 3.34. The van der Waals surface area contributed by atoms with Gasteiger partial charge in [-0.2, -0.15) is 0 Å². The van der Waals surface area contributed by atoms with Crippen molar-refractivity contribution < 1.29 is 4.74 Å². The molecule has 0 aliphatic carbocycles. The number of ether oxygens (including phenoxy) is 1. The molecule has 0 spiro atoms. The molecule has 4 nitrogen and oxygen atoms in total. The Morgan fingerprint density at radius 3 is 2.82 bits per heavy atom. The first-order chi connectivity index (χ1) is 8.28. The van der Waals surface area contributed by atoms with Crippen molar-refractivity contribution in [3.63, 3.8) is 0 Å². The van der Waals surface area contributed by atoms with Crippen LogP contribution in [0.5, 0.6) is 5.88 Å².